The minimum atomic E-state index is -0.621. The molecule has 1 aromatic heterocycles. The molecule has 0 aliphatic heterocycles. The fourth-order valence-electron chi connectivity index (χ4n) is 1.88. The summed E-state index contributed by atoms with van der Waals surface area (Å²) in [5.41, 5.74) is 0.360. The number of carbonyl (C=O) groups is 1. The van der Waals surface area contributed by atoms with Crippen LogP contribution in [0.5, 0.6) is 0 Å². The van der Waals surface area contributed by atoms with E-state index in [1.165, 1.54) is 24.9 Å². The Bertz CT molecular complexity index is 836. The quantitative estimate of drug-likeness (QED) is 0.888. The number of anilines is 1. The van der Waals surface area contributed by atoms with E-state index in [9.17, 15) is 14.4 Å². The van der Waals surface area contributed by atoms with Crippen molar-refractivity contribution in [2.45, 2.75) is 6.92 Å². The van der Waals surface area contributed by atoms with Gasteiger partial charge in [-0.05, 0) is 30.7 Å². The molecule has 0 saturated heterocycles. The predicted octanol–water partition coefficient (Wildman–Crippen LogP) is 1.41. The van der Waals surface area contributed by atoms with Crippen LogP contribution < -0.4 is 16.6 Å². The summed E-state index contributed by atoms with van der Waals surface area (Å²) in [7, 11) is 2.83. The van der Waals surface area contributed by atoms with Crippen LogP contribution in [0.3, 0.4) is 0 Å². The minimum Gasteiger partial charge on any atom is -0.322 e. The van der Waals surface area contributed by atoms with Crippen LogP contribution in [-0.2, 0) is 14.1 Å². The summed E-state index contributed by atoms with van der Waals surface area (Å²) in [5, 5.41) is 2.65. The van der Waals surface area contributed by atoms with Crippen LogP contribution in [0.1, 0.15) is 15.9 Å². The van der Waals surface area contributed by atoms with Gasteiger partial charge in [0.25, 0.3) is 11.5 Å². The maximum Gasteiger partial charge on any atom is 0.330 e. The van der Waals surface area contributed by atoms with Gasteiger partial charge in [0.05, 0.1) is 0 Å². The van der Waals surface area contributed by atoms with E-state index in [4.69, 9.17) is 0 Å². The SMILES string of the molecule is Cc1cc(NC(=O)c2cn(C)c(=O)n(C)c2=O)ccc1Br. The van der Waals surface area contributed by atoms with Crippen LogP contribution in [0.2, 0.25) is 0 Å². The largest absolute Gasteiger partial charge is 0.330 e. The molecule has 0 fully saturated rings. The van der Waals surface area contributed by atoms with Crippen molar-refractivity contribution in [1.82, 2.24) is 9.13 Å². The van der Waals surface area contributed by atoms with Gasteiger partial charge in [-0.15, -0.1) is 0 Å². The van der Waals surface area contributed by atoms with E-state index >= 15 is 0 Å². The molecule has 1 amide bonds. The zero-order valence-corrected chi connectivity index (χ0v) is 13.4. The Hall–Kier alpha value is -2.15. The molecule has 110 valence electrons. The summed E-state index contributed by atoms with van der Waals surface area (Å²) >= 11 is 3.38. The summed E-state index contributed by atoms with van der Waals surface area (Å²) in [6.07, 6.45) is 1.24. The lowest BCUT2D eigenvalue weighted by Gasteiger charge is -2.09. The predicted molar refractivity (Wildman–Crippen MR) is 83.8 cm³/mol. The van der Waals surface area contributed by atoms with Crippen LogP contribution in [-0.4, -0.2) is 15.0 Å². The lowest BCUT2D eigenvalue weighted by molar-refractivity contribution is 0.102. The van der Waals surface area contributed by atoms with E-state index in [1.807, 2.05) is 13.0 Å². The Balaban J connectivity index is 2.39. The third kappa shape index (κ3) is 2.97. The first kappa shape index (κ1) is 15.2. The Morgan fingerprint density at radius 1 is 1.24 bits per heavy atom. The molecule has 0 spiro atoms. The van der Waals surface area contributed by atoms with Gasteiger partial charge in [0.15, 0.2) is 0 Å². The standard InChI is InChI=1S/C14H14BrN3O3/c1-8-6-9(4-5-11(8)15)16-12(19)10-7-17(2)14(21)18(3)13(10)20/h4-7H,1-3H3,(H,16,19). The molecular formula is C14H14BrN3O3. The van der Waals surface area contributed by atoms with Gasteiger partial charge < -0.3 is 9.88 Å². The number of aryl methyl sites for hydroxylation is 2. The Labute approximate surface area is 129 Å². The Kier molecular flexibility index (Phi) is 4.13. The van der Waals surface area contributed by atoms with E-state index < -0.39 is 17.2 Å². The lowest BCUT2D eigenvalue weighted by Crippen LogP contribution is -2.40. The zero-order valence-electron chi connectivity index (χ0n) is 11.8. The number of nitrogens with one attached hydrogen (secondary N) is 1. The summed E-state index contributed by atoms with van der Waals surface area (Å²) < 4.78 is 3.03. The first-order valence-corrected chi connectivity index (χ1v) is 6.94. The highest BCUT2D eigenvalue weighted by Crippen LogP contribution is 2.20. The van der Waals surface area contributed by atoms with E-state index in [0.29, 0.717) is 5.69 Å². The van der Waals surface area contributed by atoms with Gasteiger partial charge in [0, 0.05) is 30.5 Å². The molecule has 0 atom stereocenters. The van der Waals surface area contributed by atoms with E-state index in [1.54, 1.807) is 12.1 Å². The zero-order chi connectivity index (χ0) is 15.7. The molecule has 21 heavy (non-hydrogen) atoms. The summed E-state index contributed by atoms with van der Waals surface area (Å²) in [5.74, 6) is -0.548. The van der Waals surface area contributed by atoms with Crippen LogP contribution in [0, 0.1) is 6.92 Å². The van der Waals surface area contributed by atoms with Crippen molar-refractivity contribution in [2.75, 3.05) is 5.32 Å². The maximum atomic E-state index is 12.2. The molecule has 0 saturated carbocycles. The van der Waals surface area contributed by atoms with Crippen LogP contribution >= 0.6 is 15.9 Å². The summed E-state index contributed by atoms with van der Waals surface area (Å²) in [4.78, 5) is 35.8. The molecule has 1 N–H and O–H groups in total. The van der Waals surface area contributed by atoms with Crippen molar-refractivity contribution in [3.8, 4) is 0 Å². The molecule has 2 rings (SSSR count). The molecule has 0 radical (unpaired) electrons. The van der Waals surface area contributed by atoms with Crippen molar-refractivity contribution in [2.24, 2.45) is 14.1 Å². The lowest BCUT2D eigenvalue weighted by atomic mass is 10.2. The number of amides is 1. The fraction of sp³-hybridized carbons (Fsp3) is 0.214. The summed E-state index contributed by atoms with van der Waals surface area (Å²) in [6, 6.07) is 5.32. The monoisotopic (exact) mass is 351 g/mol. The second-order valence-electron chi connectivity index (χ2n) is 4.72. The number of halogens is 1. The second-order valence-corrected chi connectivity index (χ2v) is 5.57. The fourth-order valence-corrected chi connectivity index (χ4v) is 2.13. The van der Waals surface area contributed by atoms with Gasteiger partial charge in [-0.2, -0.15) is 0 Å². The average Bonchev–Trinajstić information content (AvgIpc) is 2.44. The molecule has 0 bridgehead atoms. The van der Waals surface area contributed by atoms with Crippen molar-refractivity contribution < 1.29 is 4.79 Å². The summed E-state index contributed by atoms with van der Waals surface area (Å²) in [6.45, 7) is 1.89. The van der Waals surface area contributed by atoms with Crippen molar-refractivity contribution in [1.29, 1.82) is 0 Å². The van der Waals surface area contributed by atoms with Gasteiger partial charge in [-0.1, -0.05) is 15.9 Å². The number of benzene rings is 1. The Morgan fingerprint density at radius 3 is 2.52 bits per heavy atom. The van der Waals surface area contributed by atoms with Crippen molar-refractivity contribution >= 4 is 27.5 Å². The smallest absolute Gasteiger partial charge is 0.322 e. The van der Waals surface area contributed by atoms with Gasteiger partial charge in [-0.25, -0.2) is 4.79 Å². The number of aromatic nitrogens is 2. The first-order valence-electron chi connectivity index (χ1n) is 6.15. The number of carbonyl (C=O) groups excluding carboxylic acids is 1. The third-order valence-corrected chi connectivity index (χ3v) is 4.00. The molecule has 2 aromatic rings. The van der Waals surface area contributed by atoms with Crippen molar-refractivity contribution in [3.63, 3.8) is 0 Å². The van der Waals surface area contributed by atoms with Gasteiger partial charge in [-0.3, -0.25) is 14.2 Å². The van der Waals surface area contributed by atoms with Crippen LogP contribution in [0.15, 0.2) is 38.5 Å². The van der Waals surface area contributed by atoms with E-state index in [-0.39, 0.29) is 5.56 Å². The molecule has 0 unspecified atom stereocenters. The average molecular weight is 352 g/mol. The topological polar surface area (TPSA) is 73.1 Å². The van der Waals surface area contributed by atoms with Gasteiger partial charge in [0.2, 0.25) is 0 Å². The van der Waals surface area contributed by atoms with Crippen LogP contribution in [0.4, 0.5) is 5.69 Å². The number of hydrogen-bond donors (Lipinski definition) is 1. The molecule has 7 heteroatoms. The highest BCUT2D eigenvalue weighted by Gasteiger charge is 2.15. The molecule has 6 nitrogen and oxygen atoms in total. The third-order valence-electron chi connectivity index (χ3n) is 3.11. The Morgan fingerprint density at radius 2 is 1.90 bits per heavy atom. The highest BCUT2D eigenvalue weighted by atomic mass is 79.9. The van der Waals surface area contributed by atoms with E-state index in [0.717, 1.165) is 14.6 Å². The maximum absolute atomic E-state index is 12.2. The molecule has 0 aliphatic rings. The molecule has 0 aliphatic carbocycles. The number of hydrogen-bond acceptors (Lipinski definition) is 3. The first-order chi connectivity index (χ1) is 9.81. The second kappa shape index (κ2) is 5.69. The molecule has 1 heterocycles. The van der Waals surface area contributed by atoms with Gasteiger partial charge in [0.1, 0.15) is 5.56 Å². The molecular weight excluding hydrogens is 338 g/mol. The van der Waals surface area contributed by atoms with Gasteiger partial charge >= 0.3 is 5.69 Å². The van der Waals surface area contributed by atoms with Crippen LogP contribution in [0.25, 0.3) is 0 Å². The highest BCUT2D eigenvalue weighted by molar-refractivity contribution is 9.10. The number of nitrogens with zero attached hydrogens (tertiary/aromatic N) is 2. The normalized spacial score (nSPS) is 10.5. The van der Waals surface area contributed by atoms with Crippen molar-refractivity contribution in [3.05, 3.63) is 60.8 Å². The minimum absolute atomic E-state index is 0.0832. The molecule has 1 aromatic carbocycles. The van der Waals surface area contributed by atoms with E-state index in [2.05, 4.69) is 21.2 Å². The number of rotatable bonds is 2.